The van der Waals surface area contributed by atoms with Crippen molar-refractivity contribution in [3.05, 3.63) is 65.7 Å². The number of carbonyl (C=O) groups is 1. The highest BCUT2D eigenvalue weighted by molar-refractivity contribution is 7.89. The normalized spacial score (nSPS) is 18.9. The molecule has 0 radical (unpaired) electrons. The van der Waals surface area contributed by atoms with E-state index < -0.39 is 16.1 Å². The summed E-state index contributed by atoms with van der Waals surface area (Å²) in [6.07, 6.45) is 0.863. The average Bonchev–Trinajstić information content (AvgIpc) is 3.10. The van der Waals surface area contributed by atoms with Gasteiger partial charge in [0, 0.05) is 52.4 Å². The molecule has 2 N–H and O–H groups in total. The molecule has 2 aliphatic heterocycles. The number of carbonyl (C=O) groups excluding carboxylic acids is 1. The van der Waals surface area contributed by atoms with Crippen molar-refractivity contribution in [2.75, 3.05) is 45.8 Å². The summed E-state index contributed by atoms with van der Waals surface area (Å²) in [5, 5.41) is 13.3. The second-order valence-electron chi connectivity index (χ2n) is 8.65. The van der Waals surface area contributed by atoms with Crippen molar-refractivity contribution in [2.24, 2.45) is 0 Å². The molecule has 0 aromatic heterocycles. The van der Waals surface area contributed by atoms with E-state index in [2.05, 4.69) is 28.4 Å². The number of nitrogens with zero attached hydrogens (tertiary/aromatic N) is 3. The van der Waals surface area contributed by atoms with Crippen LogP contribution in [-0.2, 0) is 23.0 Å². The third kappa shape index (κ3) is 5.92. The van der Waals surface area contributed by atoms with Crippen LogP contribution in [0.5, 0.6) is 0 Å². The molecule has 2 aromatic rings. The number of aliphatic hydroxyl groups excluding tert-OH is 1. The van der Waals surface area contributed by atoms with Crippen molar-refractivity contribution in [2.45, 2.75) is 30.4 Å². The van der Waals surface area contributed by atoms with E-state index in [1.807, 2.05) is 6.07 Å². The Balaban J connectivity index is 1.24. The van der Waals surface area contributed by atoms with Crippen LogP contribution in [0, 0.1) is 0 Å². The number of aliphatic hydroxyl groups is 1. The maximum absolute atomic E-state index is 12.9. The van der Waals surface area contributed by atoms with E-state index in [4.69, 9.17) is 0 Å². The third-order valence-corrected chi connectivity index (χ3v) is 8.20. The van der Waals surface area contributed by atoms with Gasteiger partial charge in [0.15, 0.2) is 0 Å². The maximum Gasteiger partial charge on any atom is 0.317 e. The number of urea groups is 1. The van der Waals surface area contributed by atoms with Gasteiger partial charge in [0.25, 0.3) is 0 Å². The molecule has 4 rings (SSSR count). The first-order valence-corrected chi connectivity index (χ1v) is 12.9. The molecule has 0 spiro atoms. The quantitative estimate of drug-likeness (QED) is 0.665. The van der Waals surface area contributed by atoms with Gasteiger partial charge < -0.3 is 15.3 Å². The average molecular weight is 473 g/mol. The molecular weight excluding hydrogens is 440 g/mol. The number of amides is 2. The van der Waals surface area contributed by atoms with Crippen molar-refractivity contribution in [3.63, 3.8) is 0 Å². The zero-order valence-corrected chi connectivity index (χ0v) is 19.6. The Morgan fingerprint density at radius 2 is 1.67 bits per heavy atom. The van der Waals surface area contributed by atoms with Crippen molar-refractivity contribution in [1.82, 2.24) is 19.4 Å². The van der Waals surface area contributed by atoms with E-state index in [1.54, 1.807) is 35.2 Å². The van der Waals surface area contributed by atoms with Crippen LogP contribution in [0.4, 0.5) is 4.79 Å². The van der Waals surface area contributed by atoms with E-state index in [9.17, 15) is 18.3 Å². The van der Waals surface area contributed by atoms with Crippen molar-refractivity contribution >= 4 is 16.1 Å². The number of hydrogen-bond donors (Lipinski definition) is 2. The smallest absolute Gasteiger partial charge is 0.317 e. The minimum absolute atomic E-state index is 0.166. The van der Waals surface area contributed by atoms with E-state index in [0.717, 1.165) is 19.5 Å². The monoisotopic (exact) mass is 472 g/mol. The van der Waals surface area contributed by atoms with Gasteiger partial charge in [-0.2, -0.15) is 4.31 Å². The maximum atomic E-state index is 12.9. The van der Waals surface area contributed by atoms with Crippen LogP contribution < -0.4 is 5.32 Å². The van der Waals surface area contributed by atoms with Crippen LogP contribution in [-0.4, -0.2) is 85.6 Å². The zero-order chi connectivity index (χ0) is 23.3. The number of fused-ring (bicyclic) bond motifs is 1. The Bertz CT molecular complexity index is 1050. The van der Waals surface area contributed by atoms with Gasteiger partial charge in [0.05, 0.1) is 11.0 Å². The lowest BCUT2D eigenvalue weighted by molar-refractivity contribution is 0.103. The van der Waals surface area contributed by atoms with Crippen LogP contribution in [0.25, 0.3) is 0 Å². The molecule has 178 valence electrons. The number of rotatable bonds is 6. The van der Waals surface area contributed by atoms with Crippen LogP contribution in [0.15, 0.2) is 59.5 Å². The standard InChI is InChI=1S/C24H32N4O4S/c29-22(19-26-14-11-20-7-4-5-8-21(20)18-26)17-25-24(30)27-12-6-13-28(16-15-27)33(31,32)23-9-2-1-3-10-23/h1-5,7-10,22,29H,6,11-19H2,(H,25,30)/t22-/m0/s1. The molecule has 2 amide bonds. The Kier molecular flexibility index (Phi) is 7.64. The molecule has 1 fully saturated rings. The molecule has 0 bridgehead atoms. The van der Waals surface area contributed by atoms with Crippen LogP contribution in [0.1, 0.15) is 17.5 Å². The fourth-order valence-corrected chi connectivity index (χ4v) is 5.96. The number of hydrogen-bond acceptors (Lipinski definition) is 5. The van der Waals surface area contributed by atoms with Gasteiger partial charge in [-0.1, -0.05) is 42.5 Å². The molecule has 0 saturated carbocycles. The Hall–Kier alpha value is -2.46. The van der Waals surface area contributed by atoms with E-state index in [-0.39, 0.29) is 24.0 Å². The molecule has 2 heterocycles. The zero-order valence-electron chi connectivity index (χ0n) is 18.8. The van der Waals surface area contributed by atoms with Gasteiger partial charge in [-0.05, 0) is 36.1 Å². The minimum Gasteiger partial charge on any atom is -0.390 e. The summed E-state index contributed by atoms with van der Waals surface area (Å²) in [4.78, 5) is 16.8. The van der Waals surface area contributed by atoms with Crippen LogP contribution in [0.3, 0.4) is 0 Å². The van der Waals surface area contributed by atoms with Crippen LogP contribution >= 0.6 is 0 Å². The largest absolute Gasteiger partial charge is 0.390 e. The molecule has 8 nitrogen and oxygen atoms in total. The highest BCUT2D eigenvalue weighted by atomic mass is 32.2. The minimum atomic E-state index is -3.57. The lowest BCUT2D eigenvalue weighted by Gasteiger charge is -2.30. The Labute approximate surface area is 195 Å². The highest BCUT2D eigenvalue weighted by Crippen LogP contribution is 2.19. The van der Waals surface area contributed by atoms with Gasteiger partial charge in [0.2, 0.25) is 10.0 Å². The number of β-amino-alcohol motifs (C(OH)–C–C–N with tert-alkyl or cyclic N) is 1. The summed E-state index contributed by atoms with van der Waals surface area (Å²) in [6, 6.07) is 16.5. The predicted molar refractivity (Wildman–Crippen MR) is 126 cm³/mol. The molecule has 0 aliphatic carbocycles. The lowest BCUT2D eigenvalue weighted by Crippen LogP contribution is -2.47. The topological polar surface area (TPSA) is 93.2 Å². The van der Waals surface area contributed by atoms with Gasteiger partial charge in [-0.15, -0.1) is 0 Å². The molecule has 1 atom stereocenters. The first-order valence-electron chi connectivity index (χ1n) is 11.5. The summed E-state index contributed by atoms with van der Waals surface area (Å²) in [5.41, 5.74) is 2.65. The third-order valence-electron chi connectivity index (χ3n) is 6.29. The Morgan fingerprint density at radius 1 is 0.939 bits per heavy atom. The number of sulfonamides is 1. The number of nitrogens with one attached hydrogen (secondary N) is 1. The summed E-state index contributed by atoms with van der Waals surface area (Å²) < 4.78 is 27.2. The van der Waals surface area contributed by atoms with Crippen molar-refractivity contribution in [3.8, 4) is 0 Å². The second kappa shape index (κ2) is 10.6. The van der Waals surface area contributed by atoms with Crippen LogP contribution in [0.2, 0.25) is 0 Å². The molecule has 1 saturated heterocycles. The fraction of sp³-hybridized carbons (Fsp3) is 0.458. The highest BCUT2D eigenvalue weighted by Gasteiger charge is 2.28. The molecular formula is C24H32N4O4S. The molecule has 0 unspecified atom stereocenters. The Morgan fingerprint density at radius 3 is 2.45 bits per heavy atom. The first kappa shape index (κ1) is 23.7. The molecule has 2 aromatic carbocycles. The first-order chi connectivity index (χ1) is 15.9. The van der Waals surface area contributed by atoms with Gasteiger partial charge in [-0.25, -0.2) is 13.2 Å². The predicted octanol–water partition coefficient (Wildman–Crippen LogP) is 1.51. The molecule has 9 heteroatoms. The summed E-state index contributed by atoms with van der Waals surface area (Å²) in [7, 11) is -3.57. The van der Waals surface area contributed by atoms with Crippen molar-refractivity contribution < 1.29 is 18.3 Å². The lowest BCUT2D eigenvalue weighted by atomic mass is 10.00. The molecule has 33 heavy (non-hydrogen) atoms. The summed E-state index contributed by atoms with van der Waals surface area (Å²) in [6.45, 7) is 3.78. The van der Waals surface area contributed by atoms with E-state index in [1.165, 1.54) is 15.4 Å². The van der Waals surface area contributed by atoms with E-state index in [0.29, 0.717) is 32.6 Å². The van der Waals surface area contributed by atoms with Gasteiger partial charge >= 0.3 is 6.03 Å². The second-order valence-corrected chi connectivity index (χ2v) is 10.6. The van der Waals surface area contributed by atoms with Gasteiger partial charge in [-0.3, -0.25) is 4.90 Å². The summed E-state index contributed by atoms with van der Waals surface area (Å²) >= 11 is 0. The SMILES string of the molecule is O=C(NC[C@H](O)CN1CCc2ccccc2C1)N1CCCN(S(=O)(=O)c2ccccc2)CC1. The summed E-state index contributed by atoms with van der Waals surface area (Å²) in [5.74, 6) is 0. The van der Waals surface area contributed by atoms with Gasteiger partial charge in [0.1, 0.15) is 0 Å². The molecule has 2 aliphatic rings. The fourth-order valence-electron chi connectivity index (χ4n) is 4.47. The van der Waals surface area contributed by atoms with E-state index >= 15 is 0 Å². The number of benzene rings is 2. The van der Waals surface area contributed by atoms with Crippen molar-refractivity contribution in [1.29, 1.82) is 0 Å².